The maximum Gasteiger partial charge on any atom is 0.253 e. The fourth-order valence-electron chi connectivity index (χ4n) is 2.02. The van der Waals surface area contributed by atoms with Crippen molar-refractivity contribution in [3.8, 4) is 0 Å². The molecule has 2 aromatic carbocycles. The molecule has 3 aromatic rings. The number of fused-ring (bicyclic) bond motifs is 1. The standard InChI is InChI=1S/C18H17N3OS2/c1-12-7-9-14(10-8-12)11-19-21-17(22)13(2)23-18-20-15-5-3-4-6-16(15)24-18/h3-11,13H,1-2H3,(H,21,22)/b19-11-. The molecular formula is C18H17N3OS2. The molecule has 0 spiro atoms. The summed E-state index contributed by atoms with van der Waals surface area (Å²) in [4.78, 5) is 16.7. The number of para-hydroxylation sites is 1. The van der Waals surface area contributed by atoms with Gasteiger partial charge in [0.05, 0.1) is 21.7 Å². The number of carbonyl (C=O) groups is 1. The minimum absolute atomic E-state index is 0.136. The van der Waals surface area contributed by atoms with Crippen LogP contribution in [0.5, 0.6) is 0 Å². The molecule has 6 heteroatoms. The molecule has 1 N–H and O–H groups in total. The quantitative estimate of drug-likeness (QED) is 0.423. The zero-order valence-corrected chi connectivity index (χ0v) is 15.0. The number of rotatable bonds is 5. The number of hydrazone groups is 1. The molecule has 0 saturated heterocycles. The van der Waals surface area contributed by atoms with Crippen LogP contribution in [0, 0.1) is 6.92 Å². The molecule has 0 aliphatic carbocycles. The van der Waals surface area contributed by atoms with Crippen molar-refractivity contribution in [2.45, 2.75) is 23.4 Å². The Labute approximate surface area is 149 Å². The predicted molar refractivity (Wildman–Crippen MR) is 102 cm³/mol. The Morgan fingerprint density at radius 2 is 2.00 bits per heavy atom. The fraction of sp³-hybridized carbons (Fsp3) is 0.167. The highest BCUT2D eigenvalue weighted by atomic mass is 32.2. The van der Waals surface area contributed by atoms with Crippen LogP contribution in [-0.4, -0.2) is 22.4 Å². The van der Waals surface area contributed by atoms with Gasteiger partial charge in [-0.05, 0) is 31.5 Å². The average molecular weight is 355 g/mol. The molecule has 24 heavy (non-hydrogen) atoms. The molecular weight excluding hydrogens is 338 g/mol. The van der Waals surface area contributed by atoms with Gasteiger partial charge in [-0.1, -0.05) is 53.7 Å². The fourth-order valence-corrected chi connectivity index (χ4v) is 4.23. The van der Waals surface area contributed by atoms with Crippen LogP contribution in [0.2, 0.25) is 0 Å². The van der Waals surface area contributed by atoms with Crippen LogP contribution in [0.1, 0.15) is 18.1 Å². The van der Waals surface area contributed by atoms with E-state index >= 15 is 0 Å². The van der Waals surface area contributed by atoms with Crippen LogP contribution >= 0.6 is 23.1 Å². The van der Waals surface area contributed by atoms with Gasteiger partial charge in [0.1, 0.15) is 0 Å². The first-order valence-corrected chi connectivity index (χ1v) is 9.23. The molecule has 1 unspecified atom stereocenters. The minimum atomic E-state index is -0.263. The van der Waals surface area contributed by atoms with Gasteiger partial charge in [0.15, 0.2) is 4.34 Å². The van der Waals surface area contributed by atoms with E-state index in [2.05, 4.69) is 15.5 Å². The highest BCUT2D eigenvalue weighted by molar-refractivity contribution is 8.02. The molecule has 3 rings (SSSR count). The van der Waals surface area contributed by atoms with Gasteiger partial charge >= 0.3 is 0 Å². The number of nitrogens with zero attached hydrogens (tertiary/aromatic N) is 2. The van der Waals surface area contributed by atoms with E-state index in [4.69, 9.17) is 0 Å². The van der Waals surface area contributed by atoms with Crippen molar-refractivity contribution in [3.63, 3.8) is 0 Å². The summed E-state index contributed by atoms with van der Waals surface area (Å²) in [5, 5.41) is 3.76. The third-order valence-corrected chi connectivity index (χ3v) is 5.62. The van der Waals surface area contributed by atoms with E-state index in [0.717, 1.165) is 20.1 Å². The van der Waals surface area contributed by atoms with E-state index in [9.17, 15) is 4.79 Å². The number of hydrogen-bond donors (Lipinski definition) is 1. The Kier molecular flexibility index (Phi) is 5.27. The van der Waals surface area contributed by atoms with Crippen LogP contribution in [-0.2, 0) is 4.79 Å². The van der Waals surface area contributed by atoms with Gasteiger partial charge in [0.2, 0.25) is 0 Å². The van der Waals surface area contributed by atoms with E-state index in [1.807, 2.05) is 62.4 Å². The molecule has 0 aliphatic rings. The van der Waals surface area contributed by atoms with Crippen molar-refractivity contribution >= 4 is 45.4 Å². The lowest BCUT2D eigenvalue weighted by atomic mass is 10.2. The van der Waals surface area contributed by atoms with E-state index in [1.165, 1.54) is 17.3 Å². The van der Waals surface area contributed by atoms with Crippen molar-refractivity contribution in [2.24, 2.45) is 5.10 Å². The van der Waals surface area contributed by atoms with Gasteiger partial charge in [-0.15, -0.1) is 11.3 Å². The topological polar surface area (TPSA) is 54.4 Å². The molecule has 1 aromatic heterocycles. The third kappa shape index (κ3) is 4.21. The smallest absolute Gasteiger partial charge is 0.253 e. The maximum absolute atomic E-state index is 12.1. The van der Waals surface area contributed by atoms with Crippen molar-refractivity contribution in [1.29, 1.82) is 0 Å². The normalized spacial score (nSPS) is 12.6. The first-order valence-electron chi connectivity index (χ1n) is 7.53. The highest BCUT2D eigenvalue weighted by Gasteiger charge is 2.16. The number of aromatic nitrogens is 1. The second-order valence-corrected chi connectivity index (χ2v) is 7.97. The summed E-state index contributed by atoms with van der Waals surface area (Å²) in [5.41, 5.74) is 5.70. The molecule has 0 aliphatic heterocycles. The average Bonchev–Trinajstić information content (AvgIpc) is 2.98. The first-order chi connectivity index (χ1) is 11.6. The molecule has 0 radical (unpaired) electrons. The van der Waals surface area contributed by atoms with Crippen LogP contribution in [0.3, 0.4) is 0 Å². The van der Waals surface area contributed by atoms with Gasteiger partial charge in [0, 0.05) is 0 Å². The molecule has 0 fully saturated rings. The number of nitrogens with one attached hydrogen (secondary N) is 1. The Hall–Kier alpha value is -2.18. The molecule has 1 heterocycles. The lowest BCUT2D eigenvalue weighted by Gasteiger charge is -2.06. The number of benzene rings is 2. The lowest BCUT2D eigenvalue weighted by Crippen LogP contribution is -2.26. The van der Waals surface area contributed by atoms with Gasteiger partial charge < -0.3 is 0 Å². The van der Waals surface area contributed by atoms with Gasteiger partial charge in [-0.2, -0.15) is 5.10 Å². The third-order valence-electron chi connectivity index (χ3n) is 3.39. The van der Waals surface area contributed by atoms with Gasteiger partial charge in [0.25, 0.3) is 5.91 Å². The first kappa shape index (κ1) is 16.7. The van der Waals surface area contributed by atoms with Crippen molar-refractivity contribution in [2.75, 3.05) is 0 Å². The minimum Gasteiger partial charge on any atom is -0.272 e. The Morgan fingerprint density at radius 1 is 1.25 bits per heavy atom. The van der Waals surface area contributed by atoms with Crippen molar-refractivity contribution < 1.29 is 4.79 Å². The van der Waals surface area contributed by atoms with E-state index < -0.39 is 0 Å². The Bertz CT molecular complexity index is 838. The van der Waals surface area contributed by atoms with E-state index in [0.29, 0.717) is 0 Å². The largest absolute Gasteiger partial charge is 0.272 e. The maximum atomic E-state index is 12.1. The summed E-state index contributed by atoms with van der Waals surface area (Å²) in [7, 11) is 0. The molecule has 1 amide bonds. The lowest BCUT2D eigenvalue weighted by molar-refractivity contribution is -0.120. The summed E-state index contributed by atoms with van der Waals surface area (Å²) in [6.45, 7) is 3.89. The second-order valence-electron chi connectivity index (χ2n) is 5.35. The molecule has 122 valence electrons. The number of carbonyl (C=O) groups excluding carboxylic acids is 1. The van der Waals surface area contributed by atoms with E-state index in [-0.39, 0.29) is 11.2 Å². The number of thioether (sulfide) groups is 1. The zero-order chi connectivity index (χ0) is 16.9. The summed E-state index contributed by atoms with van der Waals surface area (Å²) in [6, 6.07) is 15.9. The van der Waals surface area contributed by atoms with Crippen LogP contribution < -0.4 is 5.43 Å². The monoisotopic (exact) mass is 355 g/mol. The Balaban J connectivity index is 1.57. The van der Waals surface area contributed by atoms with E-state index in [1.54, 1.807) is 17.6 Å². The summed E-state index contributed by atoms with van der Waals surface area (Å²) in [5.74, 6) is -0.136. The Morgan fingerprint density at radius 3 is 2.75 bits per heavy atom. The van der Waals surface area contributed by atoms with Gasteiger partial charge in [-0.25, -0.2) is 10.4 Å². The second kappa shape index (κ2) is 7.59. The summed E-state index contributed by atoms with van der Waals surface area (Å²) in [6.07, 6.45) is 1.65. The SMILES string of the molecule is Cc1ccc(/C=N\NC(=O)C(C)Sc2nc3ccccc3s2)cc1. The molecule has 1 atom stereocenters. The predicted octanol–water partition coefficient (Wildman–Crippen LogP) is 4.24. The zero-order valence-electron chi connectivity index (χ0n) is 13.4. The van der Waals surface area contributed by atoms with Crippen molar-refractivity contribution in [1.82, 2.24) is 10.4 Å². The molecule has 0 bridgehead atoms. The number of aryl methyl sites for hydroxylation is 1. The summed E-state index contributed by atoms with van der Waals surface area (Å²) >= 11 is 3.05. The van der Waals surface area contributed by atoms with Gasteiger partial charge in [-0.3, -0.25) is 4.79 Å². The molecule has 0 saturated carbocycles. The van der Waals surface area contributed by atoms with Crippen LogP contribution in [0.15, 0.2) is 58.0 Å². The molecule has 4 nitrogen and oxygen atoms in total. The number of hydrogen-bond acceptors (Lipinski definition) is 5. The van der Waals surface area contributed by atoms with Crippen LogP contribution in [0.4, 0.5) is 0 Å². The summed E-state index contributed by atoms with van der Waals surface area (Å²) < 4.78 is 2.02. The highest BCUT2D eigenvalue weighted by Crippen LogP contribution is 2.31. The van der Waals surface area contributed by atoms with Crippen molar-refractivity contribution in [3.05, 3.63) is 59.7 Å². The van der Waals surface area contributed by atoms with Crippen LogP contribution in [0.25, 0.3) is 10.2 Å². The number of thiazole rings is 1. The number of amides is 1.